The minimum atomic E-state index is 0.797. The molecule has 4 heteroatoms. The van der Waals surface area contributed by atoms with Crippen LogP contribution < -0.4 is 10.6 Å². The predicted octanol–water partition coefficient (Wildman–Crippen LogP) is 1.44. The van der Waals surface area contributed by atoms with Gasteiger partial charge in [-0.15, -0.1) is 0 Å². The van der Waals surface area contributed by atoms with Crippen LogP contribution in [-0.4, -0.2) is 43.6 Å². The van der Waals surface area contributed by atoms with Crippen LogP contribution in [-0.2, 0) is 0 Å². The van der Waals surface area contributed by atoms with Gasteiger partial charge >= 0.3 is 0 Å². The molecule has 2 rings (SSSR count). The standard InChI is InChI=1S/C13H22N4/c1-16(2)10-11-4-7-17(8-5-11)13-9-12(14)3-6-15-13/h3,6,9,11H,4-5,7-8,10H2,1-2H3,(H2,14,15). The molecule has 94 valence electrons. The molecule has 1 fully saturated rings. The molecule has 0 radical (unpaired) electrons. The Hall–Kier alpha value is -1.29. The van der Waals surface area contributed by atoms with Gasteiger partial charge in [0.05, 0.1) is 0 Å². The van der Waals surface area contributed by atoms with Crippen LogP contribution in [0.4, 0.5) is 11.5 Å². The Labute approximate surface area is 103 Å². The zero-order valence-corrected chi connectivity index (χ0v) is 10.8. The summed E-state index contributed by atoms with van der Waals surface area (Å²) in [4.78, 5) is 9.00. The van der Waals surface area contributed by atoms with E-state index in [0.717, 1.165) is 30.5 Å². The average molecular weight is 234 g/mol. The van der Waals surface area contributed by atoms with Crippen LogP contribution in [0.2, 0.25) is 0 Å². The van der Waals surface area contributed by atoms with Crippen molar-refractivity contribution in [2.24, 2.45) is 5.92 Å². The molecule has 0 aromatic carbocycles. The van der Waals surface area contributed by atoms with E-state index < -0.39 is 0 Å². The Morgan fingerprint density at radius 1 is 1.41 bits per heavy atom. The van der Waals surface area contributed by atoms with Gasteiger partial charge in [0.2, 0.25) is 0 Å². The molecule has 2 N–H and O–H groups in total. The van der Waals surface area contributed by atoms with Gasteiger partial charge in [-0.25, -0.2) is 4.98 Å². The fraction of sp³-hybridized carbons (Fsp3) is 0.615. The Bertz CT molecular complexity index is 356. The van der Waals surface area contributed by atoms with E-state index in [2.05, 4.69) is 28.9 Å². The predicted molar refractivity (Wildman–Crippen MR) is 72.1 cm³/mol. The van der Waals surface area contributed by atoms with E-state index in [1.807, 2.05) is 12.1 Å². The highest BCUT2D eigenvalue weighted by Gasteiger charge is 2.20. The molecule has 1 aromatic heterocycles. The molecule has 0 saturated carbocycles. The van der Waals surface area contributed by atoms with Gasteiger partial charge in [0.25, 0.3) is 0 Å². The van der Waals surface area contributed by atoms with Crippen molar-refractivity contribution in [1.82, 2.24) is 9.88 Å². The number of anilines is 2. The summed E-state index contributed by atoms with van der Waals surface area (Å²) < 4.78 is 0. The Morgan fingerprint density at radius 3 is 2.71 bits per heavy atom. The zero-order chi connectivity index (χ0) is 12.3. The molecule has 0 unspecified atom stereocenters. The van der Waals surface area contributed by atoms with Crippen molar-refractivity contribution < 1.29 is 0 Å². The Morgan fingerprint density at radius 2 is 2.12 bits per heavy atom. The summed E-state index contributed by atoms with van der Waals surface area (Å²) >= 11 is 0. The monoisotopic (exact) mass is 234 g/mol. The number of nitrogens with two attached hydrogens (primary N) is 1. The molecule has 0 spiro atoms. The summed E-state index contributed by atoms with van der Waals surface area (Å²) in [7, 11) is 4.29. The van der Waals surface area contributed by atoms with Crippen molar-refractivity contribution in [2.45, 2.75) is 12.8 Å². The smallest absolute Gasteiger partial charge is 0.130 e. The quantitative estimate of drug-likeness (QED) is 0.859. The van der Waals surface area contributed by atoms with Gasteiger partial charge < -0.3 is 15.5 Å². The first-order valence-corrected chi connectivity index (χ1v) is 6.26. The van der Waals surface area contributed by atoms with Gasteiger partial charge in [0.15, 0.2) is 0 Å². The SMILES string of the molecule is CN(C)CC1CCN(c2cc(N)ccn2)CC1. The van der Waals surface area contributed by atoms with Crippen LogP contribution in [0.5, 0.6) is 0 Å². The number of aromatic nitrogens is 1. The van der Waals surface area contributed by atoms with Gasteiger partial charge in [-0.05, 0) is 38.9 Å². The third-order valence-corrected chi connectivity index (χ3v) is 3.33. The number of hydrogen-bond acceptors (Lipinski definition) is 4. The highest BCUT2D eigenvalue weighted by Crippen LogP contribution is 2.23. The van der Waals surface area contributed by atoms with E-state index in [4.69, 9.17) is 5.73 Å². The van der Waals surface area contributed by atoms with Crippen LogP contribution >= 0.6 is 0 Å². The normalized spacial score (nSPS) is 17.7. The van der Waals surface area contributed by atoms with Crippen molar-refractivity contribution in [3.05, 3.63) is 18.3 Å². The lowest BCUT2D eigenvalue weighted by Gasteiger charge is -2.34. The molecule has 0 amide bonds. The molecule has 0 atom stereocenters. The maximum atomic E-state index is 5.79. The van der Waals surface area contributed by atoms with E-state index in [1.165, 1.54) is 19.4 Å². The number of pyridine rings is 1. The van der Waals surface area contributed by atoms with Gasteiger partial charge in [0, 0.05) is 37.6 Å². The van der Waals surface area contributed by atoms with Crippen LogP contribution in [0.25, 0.3) is 0 Å². The van der Waals surface area contributed by atoms with Crippen molar-refractivity contribution in [2.75, 3.05) is 44.4 Å². The van der Waals surface area contributed by atoms with E-state index in [9.17, 15) is 0 Å². The van der Waals surface area contributed by atoms with E-state index in [0.29, 0.717) is 0 Å². The summed E-state index contributed by atoms with van der Waals surface area (Å²) in [6.07, 6.45) is 4.28. The third-order valence-electron chi connectivity index (χ3n) is 3.33. The first kappa shape index (κ1) is 12.2. The molecule has 0 aliphatic carbocycles. The summed E-state index contributed by atoms with van der Waals surface area (Å²) in [5, 5.41) is 0. The van der Waals surface area contributed by atoms with Crippen LogP contribution in [0.3, 0.4) is 0 Å². The second-order valence-electron chi connectivity index (χ2n) is 5.14. The van der Waals surface area contributed by atoms with Crippen molar-refractivity contribution in [1.29, 1.82) is 0 Å². The molecule has 0 bridgehead atoms. The average Bonchev–Trinajstić information content (AvgIpc) is 2.29. The van der Waals surface area contributed by atoms with Crippen LogP contribution in [0.15, 0.2) is 18.3 Å². The van der Waals surface area contributed by atoms with Gasteiger partial charge in [-0.2, -0.15) is 0 Å². The summed E-state index contributed by atoms with van der Waals surface area (Å²) in [5.41, 5.74) is 6.58. The summed E-state index contributed by atoms with van der Waals surface area (Å²) in [6.45, 7) is 3.38. The topological polar surface area (TPSA) is 45.4 Å². The maximum Gasteiger partial charge on any atom is 0.130 e. The number of hydrogen-bond donors (Lipinski definition) is 1. The minimum absolute atomic E-state index is 0.797. The van der Waals surface area contributed by atoms with Crippen LogP contribution in [0, 0.1) is 5.92 Å². The molecule has 1 aromatic rings. The fourth-order valence-electron chi connectivity index (χ4n) is 2.47. The van der Waals surface area contributed by atoms with Gasteiger partial charge in [-0.3, -0.25) is 0 Å². The first-order valence-electron chi connectivity index (χ1n) is 6.26. The van der Waals surface area contributed by atoms with Gasteiger partial charge in [0.1, 0.15) is 5.82 Å². The fourth-order valence-corrected chi connectivity index (χ4v) is 2.47. The van der Waals surface area contributed by atoms with Crippen molar-refractivity contribution in [3.8, 4) is 0 Å². The lowest BCUT2D eigenvalue weighted by molar-refractivity contribution is 0.284. The summed E-state index contributed by atoms with van der Waals surface area (Å²) in [5.74, 6) is 1.84. The molecule has 2 heterocycles. The first-order chi connectivity index (χ1) is 8.15. The lowest BCUT2D eigenvalue weighted by atomic mass is 9.96. The number of nitrogens with zero attached hydrogens (tertiary/aromatic N) is 3. The zero-order valence-electron chi connectivity index (χ0n) is 10.8. The second kappa shape index (κ2) is 5.36. The van der Waals surface area contributed by atoms with Crippen LogP contribution in [0.1, 0.15) is 12.8 Å². The Balaban J connectivity index is 1.91. The van der Waals surface area contributed by atoms with Gasteiger partial charge in [-0.1, -0.05) is 0 Å². The number of rotatable bonds is 3. The largest absolute Gasteiger partial charge is 0.399 e. The van der Waals surface area contributed by atoms with Crippen molar-refractivity contribution >= 4 is 11.5 Å². The molecule has 1 aliphatic heterocycles. The molecular weight excluding hydrogens is 212 g/mol. The molecular formula is C13H22N4. The number of piperidine rings is 1. The Kier molecular flexibility index (Phi) is 3.84. The molecule has 1 aliphatic rings. The second-order valence-corrected chi connectivity index (χ2v) is 5.14. The van der Waals surface area contributed by atoms with Crippen molar-refractivity contribution in [3.63, 3.8) is 0 Å². The van der Waals surface area contributed by atoms with E-state index in [1.54, 1.807) is 6.20 Å². The van der Waals surface area contributed by atoms with E-state index >= 15 is 0 Å². The highest BCUT2D eigenvalue weighted by atomic mass is 15.2. The maximum absolute atomic E-state index is 5.79. The van der Waals surface area contributed by atoms with E-state index in [-0.39, 0.29) is 0 Å². The highest BCUT2D eigenvalue weighted by molar-refractivity contribution is 5.50. The molecule has 17 heavy (non-hydrogen) atoms. The summed E-state index contributed by atoms with van der Waals surface area (Å²) in [6, 6.07) is 3.80. The molecule has 4 nitrogen and oxygen atoms in total. The lowest BCUT2D eigenvalue weighted by Crippen LogP contribution is -2.37. The number of nitrogen functional groups attached to an aromatic ring is 1. The third kappa shape index (κ3) is 3.33. The minimum Gasteiger partial charge on any atom is -0.399 e. The molecule has 1 saturated heterocycles.